The second-order valence-corrected chi connectivity index (χ2v) is 5.08. The molecule has 0 aliphatic rings. The van der Waals surface area contributed by atoms with Gasteiger partial charge in [0.25, 0.3) is 0 Å². The van der Waals surface area contributed by atoms with Gasteiger partial charge in [0.2, 0.25) is 0 Å². The molecule has 0 heterocycles. The van der Waals surface area contributed by atoms with Crippen LogP contribution in [0.2, 0.25) is 0 Å². The number of rotatable bonds is 9. The van der Waals surface area contributed by atoms with Crippen LogP contribution in [0.5, 0.6) is 0 Å². The van der Waals surface area contributed by atoms with Crippen molar-refractivity contribution in [3.63, 3.8) is 0 Å². The van der Waals surface area contributed by atoms with Crippen molar-refractivity contribution in [1.29, 1.82) is 0 Å². The number of likely N-dealkylation sites (N-methyl/N-ethyl adjacent to an activating group) is 1. The molecule has 0 radical (unpaired) electrons. The van der Waals surface area contributed by atoms with E-state index in [-0.39, 0.29) is 11.9 Å². The lowest BCUT2D eigenvalue weighted by molar-refractivity contribution is 0.0997. The highest BCUT2D eigenvalue weighted by Gasteiger charge is 2.17. The molecule has 0 aliphatic heterocycles. The molecule has 1 N–H and O–H groups in total. The number of methoxy groups -OCH3 is 1. The van der Waals surface area contributed by atoms with E-state index in [4.69, 9.17) is 4.74 Å². The molecule has 0 bridgehead atoms. The zero-order valence-electron chi connectivity index (χ0n) is 13.0. The summed E-state index contributed by atoms with van der Waals surface area (Å²) >= 11 is 0. The van der Waals surface area contributed by atoms with E-state index < -0.39 is 0 Å². The van der Waals surface area contributed by atoms with Crippen LogP contribution in [-0.2, 0) is 4.74 Å². The Labute approximate surface area is 122 Å². The number of nitrogens with one attached hydrogen (secondary N) is 1. The summed E-state index contributed by atoms with van der Waals surface area (Å²) in [4.78, 5) is 2.36. The van der Waals surface area contributed by atoms with Gasteiger partial charge in [-0.15, -0.1) is 0 Å². The lowest BCUT2D eigenvalue weighted by Crippen LogP contribution is -2.38. The van der Waals surface area contributed by atoms with Crippen molar-refractivity contribution in [3.05, 3.63) is 35.6 Å². The van der Waals surface area contributed by atoms with Gasteiger partial charge in [0, 0.05) is 31.3 Å². The van der Waals surface area contributed by atoms with Gasteiger partial charge in [-0.1, -0.05) is 25.1 Å². The number of nitrogens with zero attached hydrogens (tertiary/aromatic N) is 1. The third-order valence-corrected chi connectivity index (χ3v) is 3.77. The highest BCUT2D eigenvalue weighted by molar-refractivity contribution is 5.21. The zero-order chi connectivity index (χ0) is 15.0. The summed E-state index contributed by atoms with van der Waals surface area (Å²) in [7, 11) is 3.60. The average molecular weight is 282 g/mol. The van der Waals surface area contributed by atoms with Crippen molar-refractivity contribution in [2.45, 2.75) is 32.4 Å². The van der Waals surface area contributed by atoms with Crippen LogP contribution in [0, 0.1) is 5.82 Å². The van der Waals surface area contributed by atoms with E-state index in [0.29, 0.717) is 6.04 Å². The summed E-state index contributed by atoms with van der Waals surface area (Å²) in [6, 6.07) is 7.40. The molecule has 1 rings (SSSR count). The summed E-state index contributed by atoms with van der Waals surface area (Å²) in [6.07, 6.45) is 0.874. The van der Waals surface area contributed by atoms with Gasteiger partial charge in [-0.2, -0.15) is 0 Å². The highest BCUT2D eigenvalue weighted by atomic mass is 19.1. The van der Waals surface area contributed by atoms with Gasteiger partial charge < -0.3 is 10.1 Å². The lowest BCUT2D eigenvalue weighted by atomic mass is 10.0. The number of halogens is 1. The largest absolute Gasteiger partial charge is 0.383 e. The number of hydrogen-bond acceptors (Lipinski definition) is 3. The van der Waals surface area contributed by atoms with Gasteiger partial charge in [-0.05, 0) is 33.0 Å². The number of hydrogen-bond donors (Lipinski definition) is 1. The summed E-state index contributed by atoms with van der Waals surface area (Å²) in [5.74, 6) is -0.139. The van der Waals surface area contributed by atoms with E-state index in [1.807, 2.05) is 19.2 Å². The quantitative estimate of drug-likeness (QED) is 0.754. The van der Waals surface area contributed by atoms with E-state index in [1.54, 1.807) is 13.2 Å². The maximum atomic E-state index is 13.8. The molecule has 0 aromatic heterocycles. The average Bonchev–Trinajstić information content (AvgIpc) is 2.45. The third-order valence-electron chi connectivity index (χ3n) is 3.77. The Balaban J connectivity index is 2.63. The molecule has 1 aromatic rings. The molecule has 20 heavy (non-hydrogen) atoms. The monoisotopic (exact) mass is 282 g/mol. The molecule has 0 spiro atoms. The molecular weight excluding hydrogens is 255 g/mol. The second kappa shape index (κ2) is 9.06. The smallest absolute Gasteiger partial charge is 0.127 e. The first-order valence-electron chi connectivity index (χ1n) is 7.28. The Morgan fingerprint density at radius 2 is 2.05 bits per heavy atom. The normalized spacial score (nSPS) is 14.5. The lowest BCUT2D eigenvalue weighted by Gasteiger charge is -2.29. The van der Waals surface area contributed by atoms with Crippen LogP contribution in [0.1, 0.15) is 31.9 Å². The first-order valence-corrected chi connectivity index (χ1v) is 7.28. The fourth-order valence-electron chi connectivity index (χ4n) is 2.54. The van der Waals surface area contributed by atoms with Gasteiger partial charge in [0.1, 0.15) is 5.82 Å². The third kappa shape index (κ3) is 4.85. The van der Waals surface area contributed by atoms with Crippen LogP contribution >= 0.6 is 0 Å². The standard InChI is InChI=1S/C16H27FN2O/c1-5-19(13(2)12-20-4)11-10-16(18-3)14-8-6-7-9-15(14)17/h6-9,13,16,18H,5,10-12H2,1-4H3. The predicted octanol–water partition coefficient (Wildman–Crippen LogP) is 2.83. The van der Waals surface area contributed by atoms with Gasteiger partial charge >= 0.3 is 0 Å². The molecular formula is C16H27FN2O. The summed E-state index contributed by atoms with van der Waals surface area (Å²) in [5, 5.41) is 3.21. The molecule has 0 fully saturated rings. The second-order valence-electron chi connectivity index (χ2n) is 5.08. The van der Waals surface area contributed by atoms with Gasteiger partial charge in [0.15, 0.2) is 0 Å². The Kier molecular flexibility index (Phi) is 7.73. The molecule has 114 valence electrons. The van der Waals surface area contributed by atoms with Crippen LogP contribution in [-0.4, -0.2) is 44.8 Å². The Bertz CT molecular complexity index is 386. The van der Waals surface area contributed by atoms with Gasteiger partial charge in [0.05, 0.1) is 6.61 Å². The van der Waals surface area contributed by atoms with E-state index in [9.17, 15) is 4.39 Å². The van der Waals surface area contributed by atoms with E-state index in [1.165, 1.54) is 6.07 Å². The molecule has 1 aromatic carbocycles. The molecule has 4 heteroatoms. The number of ether oxygens (including phenoxy) is 1. The summed E-state index contributed by atoms with van der Waals surface area (Å²) in [5.41, 5.74) is 0.741. The Morgan fingerprint density at radius 3 is 2.60 bits per heavy atom. The molecule has 2 atom stereocenters. The minimum atomic E-state index is -0.139. The fourth-order valence-corrected chi connectivity index (χ4v) is 2.54. The Morgan fingerprint density at radius 1 is 1.35 bits per heavy atom. The van der Waals surface area contributed by atoms with Crippen LogP contribution in [0.25, 0.3) is 0 Å². The van der Waals surface area contributed by atoms with Crippen molar-refractivity contribution in [1.82, 2.24) is 10.2 Å². The van der Waals surface area contributed by atoms with Crippen molar-refractivity contribution < 1.29 is 9.13 Å². The predicted molar refractivity (Wildman–Crippen MR) is 81.4 cm³/mol. The molecule has 0 aliphatic carbocycles. The fraction of sp³-hybridized carbons (Fsp3) is 0.625. The SMILES string of the molecule is CCN(CCC(NC)c1ccccc1F)C(C)COC. The molecule has 0 amide bonds. The summed E-state index contributed by atoms with van der Waals surface area (Å²) < 4.78 is 19.0. The number of benzene rings is 1. The van der Waals surface area contributed by atoms with E-state index in [2.05, 4.69) is 24.1 Å². The zero-order valence-corrected chi connectivity index (χ0v) is 13.0. The minimum absolute atomic E-state index is 0.0417. The summed E-state index contributed by atoms with van der Waals surface area (Å²) in [6.45, 7) is 6.91. The van der Waals surface area contributed by atoms with Crippen LogP contribution < -0.4 is 5.32 Å². The van der Waals surface area contributed by atoms with Gasteiger partial charge in [-0.3, -0.25) is 4.90 Å². The molecule has 0 saturated heterocycles. The molecule has 3 nitrogen and oxygen atoms in total. The molecule has 0 saturated carbocycles. The van der Waals surface area contributed by atoms with Crippen molar-refractivity contribution in [3.8, 4) is 0 Å². The van der Waals surface area contributed by atoms with Crippen molar-refractivity contribution >= 4 is 0 Å². The molecule has 2 unspecified atom stereocenters. The van der Waals surface area contributed by atoms with Crippen LogP contribution in [0.4, 0.5) is 4.39 Å². The topological polar surface area (TPSA) is 24.5 Å². The van der Waals surface area contributed by atoms with Crippen LogP contribution in [0.3, 0.4) is 0 Å². The first-order chi connectivity index (χ1) is 9.63. The highest BCUT2D eigenvalue weighted by Crippen LogP contribution is 2.20. The van der Waals surface area contributed by atoms with E-state index in [0.717, 1.165) is 31.7 Å². The van der Waals surface area contributed by atoms with Crippen molar-refractivity contribution in [2.75, 3.05) is 33.9 Å². The van der Waals surface area contributed by atoms with Crippen LogP contribution in [0.15, 0.2) is 24.3 Å². The van der Waals surface area contributed by atoms with Gasteiger partial charge in [-0.25, -0.2) is 4.39 Å². The minimum Gasteiger partial charge on any atom is -0.383 e. The first kappa shape index (κ1) is 17.1. The maximum Gasteiger partial charge on any atom is 0.127 e. The Hall–Kier alpha value is -0.970. The van der Waals surface area contributed by atoms with E-state index >= 15 is 0 Å². The maximum absolute atomic E-state index is 13.8. The van der Waals surface area contributed by atoms with Crippen molar-refractivity contribution in [2.24, 2.45) is 0 Å².